The Balaban J connectivity index is 1.47. The molecule has 9 nitrogen and oxygen atoms in total. The van der Waals surface area contributed by atoms with Crippen molar-refractivity contribution in [3.05, 3.63) is 101 Å². The molecule has 0 radical (unpaired) electrons. The molecule has 1 aromatic heterocycles. The highest BCUT2D eigenvalue weighted by Gasteiger charge is 2.34. The lowest BCUT2D eigenvalue weighted by molar-refractivity contribution is -0.113. The zero-order valence-electron chi connectivity index (χ0n) is 22.4. The Labute approximate surface area is 227 Å². The summed E-state index contributed by atoms with van der Waals surface area (Å²) in [4.78, 5) is 18.0. The van der Waals surface area contributed by atoms with E-state index in [1.807, 2.05) is 44.2 Å². The van der Waals surface area contributed by atoms with E-state index >= 15 is 0 Å². The van der Waals surface area contributed by atoms with Crippen LogP contribution in [0.25, 0.3) is 0 Å². The number of ether oxygens (including phenoxy) is 3. The first kappa shape index (κ1) is 25.8. The number of nitrogens with one attached hydrogen (secondary N) is 2. The van der Waals surface area contributed by atoms with Gasteiger partial charge >= 0.3 is 0 Å². The summed E-state index contributed by atoms with van der Waals surface area (Å²) >= 11 is 0. The van der Waals surface area contributed by atoms with Gasteiger partial charge in [-0.2, -0.15) is 10.1 Å². The number of nitrogens with zero attached hydrogens (tertiary/aromatic N) is 3. The average Bonchev–Trinajstić information content (AvgIpc) is 3.40. The van der Waals surface area contributed by atoms with Crippen molar-refractivity contribution in [1.82, 2.24) is 14.8 Å². The van der Waals surface area contributed by atoms with Crippen molar-refractivity contribution in [1.29, 1.82) is 0 Å². The van der Waals surface area contributed by atoms with Crippen molar-refractivity contribution < 1.29 is 19.0 Å². The van der Waals surface area contributed by atoms with Crippen LogP contribution in [0.3, 0.4) is 0 Å². The van der Waals surface area contributed by atoms with Crippen molar-refractivity contribution in [2.24, 2.45) is 0 Å². The quantitative estimate of drug-likeness (QED) is 0.298. The number of fused-ring (bicyclic) bond motifs is 1. The van der Waals surface area contributed by atoms with Gasteiger partial charge in [0, 0.05) is 11.4 Å². The number of amides is 1. The summed E-state index contributed by atoms with van der Waals surface area (Å²) < 4.78 is 19.1. The van der Waals surface area contributed by atoms with Crippen LogP contribution in [0.4, 0.5) is 11.6 Å². The number of hydrogen-bond acceptors (Lipinski definition) is 7. The molecular formula is C30H31N5O4. The predicted octanol–water partition coefficient (Wildman–Crippen LogP) is 5.50. The summed E-state index contributed by atoms with van der Waals surface area (Å²) in [5.41, 5.74) is 4.91. The lowest BCUT2D eigenvalue weighted by Gasteiger charge is -2.29. The van der Waals surface area contributed by atoms with Crippen LogP contribution in [0, 0.1) is 6.92 Å². The number of allylic oxidation sites excluding steroid dienone is 1. The number of carbonyl (C=O) groups is 1. The Morgan fingerprint density at radius 1 is 1.03 bits per heavy atom. The molecule has 2 heterocycles. The fraction of sp³-hybridized carbons (Fsp3) is 0.233. The number of methoxy groups -OCH3 is 1. The Kier molecular flexibility index (Phi) is 7.49. The molecule has 0 saturated heterocycles. The van der Waals surface area contributed by atoms with Crippen LogP contribution < -0.4 is 24.8 Å². The molecule has 200 valence electrons. The van der Waals surface area contributed by atoms with Crippen LogP contribution in [0.15, 0.2) is 84.3 Å². The maximum Gasteiger partial charge on any atom is 0.255 e. The minimum absolute atomic E-state index is 0.256. The third kappa shape index (κ3) is 5.57. The van der Waals surface area contributed by atoms with Crippen LogP contribution >= 0.6 is 0 Å². The van der Waals surface area contributed by atoms with Crippen molar-refractivity contribution in [2.75, 3.05) is 24.4 Å². The summed E-state index contributed by atoms with van der Waals surface area (Å²) in [6.07, 6.45) is 1.47. The first-order valence-corrected chi connectivity index (χ1v) is 12.7. The molecule has 1 atom stereocenters. The van der Waals surface area contributed by atoms with Gasteiger partial charge in [-0.25, -0.2) is 4.68 Å². The molecule has 1 aliphatic rings. The second kappa shape index (κ2) is 11.3. The number of rotatable bonds is 9. The molecule has 0 spiro atoms. The first-order valence-electron chi connectivity index (χ1n) is 12.7. The van der Waals surface area contributed by atoms with Crippen LogP contribution in [0.1, 0.15) is 36.6 Å². The van der Waals surface area contributed by atoms with Gasteiger partial charge in [0.2, 0.25) is 5.95 Å². The molecule has 39 heavy (non-hydrogen) atoms. The summed E-state index contributed by atoms with van der Waals surface area (Å²) in [5.74, 6) is 2.22. The van der Waals surface area contributed by atoms with E-state index in [2.05, 4.69) is 39.8 Å². The van der Waals surface area contributed by atoms with E-state index in [0.717, 1.165) is 11.1 Å². The summed E-state index contributed by atoms with van der Waals surface area (Å²) in [6, 6.07) is 20.6. The SMILES string of the molecule is CCOc1cc([C@H]2C(C(=O)Nc3ccc(OC)cc3)=C(C)Nc3ncnn32)ccc1OCc1cccc(C)c1. The van der Waals surface area contributed by atoms with Crippen molar-refractivity contribution in [3.8, 4) is 17.2 Å². The Morgan fingerprint density at radius 2 is 1.85 bits per heavy atom. The number of aryl methyl sites for hydroxylation is 1. The van der Waals surface area contributed by atoms with Gasteiger partial charge in [-0.15, -0.1) is 0 Å². The molecule has 5 rings (SSSR count). The van der Waals surface area contributed by atoms with E-state index in [9.17, 15) is 4.79 Å². The van der Waals surface area contributed by atoms with Gasteiger partial charge in [0.25, 0.3) is 5.91 Å². The van der Waals surface area contributed by atoms with Gasteiger partial charge in [0.1, 0.15) is 24.7 Å². The fourth-order valence-electron chi connectivity index (χ4n) is 4.61. The van der Waals surface area contributed by atoms with Gasteiger partial charge in [-0.05, 0) is 68.3 Å². The maximum atomic E-state index is 13.7. The summed E-state index contributed by atoms with van der Waals surface area (Å²) in [7, 11) is 1.60. The molecule has 2 N–H and O–H groups in total. The summed E-state index contributed by atoms with van der Waals surface area (Å²) in [6.45, 7) is 6.71. The molecule has 1 amide bonds. The molecule has 0 fully saturated rings. The smallest absolute Gasteiger partial charge is 0.255 e. The third-order valence-corrected chi connectivity index (χ3v) is 6.45. The van der Waals surface area contributed by atoms with Gasteiger partial charge < -0.3 is 24.8 Å². The Bertz CT molecular complexity index is 1510. The van der Waals surface area contributed by atoms with E-state index < -0.39 is 6.04 Å². The molecule has 4 aromatic rings. The van der Waals surface area contributed by atoms with E-state index in [4.69, 9.17) is 14.2 Å². The van der Waals surface area contributed by atoms with E-state index in [-0.39, 0.29) is 5.91 Å². The minimum Gasteiger partial charge on any atom is -0.497 e. The van der Waals surface area contributed by atoms with Crippen molar-refractivity contribution in [2.45, 2.75) is 33.4 Å². The molecule has 9 heteroatoms. The van der Waals surface area contributed by atoms with Gasteiger partial charge in [-0.1, -0.05) is 35.9 Å². The highest BCUT2D eigenvalue weighted by molar-refractivity contribution is 6.06. The molecule has 0 aliphatic carbocycles. The number of aromatic nitrogens is 3. The fourth-order valence-corrected chi connectivity index (χ4v) is 4.61. The highest BCUT2D eigenvalue weighted by atomic mass is 16.5. The van der Waals surface area contributed by atoms with Crippen molar-refractivity contribution in [3.63, 3.8) is 0 Å². The Hall–Kier alpha value is -4.79. The van der Waals surface area contributed by atoms with Crippen LogP contribution in [-0.4, -0.2) is 34.4 Å². The molecule has 0 unspecified atom stereocenters. The van der Waals surface area contributed by atoms with Gasteiger partial charge in [0.15, 0.2) is 11.5 Å². The molecule has 3 aromatic carbocycles. The lowest BCUT2D eigenvalue weighted by atomic mass is 9.94. The lowest BCUT2D eigenvalue weighted by Crippen LogP contribution is -2.31. The number of carbonyl (C=O) groups excluding carboxylic acids is 1. The third-order valence-electron chi connectivity index (χ3n) is 6.45. The first-order chi connectivity index (χ1) is 19.0. The topological polar surface area (TPSA) is 99.5 Å². The monoisotopic (exact) mass is 525 g/mol. The molecule has 0 saturated carbocycles. The summed E-state index contributed by atoms with van der Waals surface area (Å²) in [5, 5.41) is 10.6. The highest BCUT2D eigenvalue weighted by Crippen LogP contribution is 2.39. The maximum absolute atomic E-state index is 13.7. The second-order valence-electron chi connectivity index (χ2n) is 9.19. The van der Waals surface area contributed by atoms with Gasteiger partial charge in [0.05, 0.1) is 19.3 Å². The van der Waals surface area contributed by atoms with Crippen molar-refractivity contribution >= 4 is 17.5 Å². The van der Waals surface area contributed by atoms with Crippen LogP contribution in [-0.2, 0) is 11.4 Å². The number of hydrogen-bond donors (Lipinski definition) is 2. The number of benzene rings is 3. The number of anilines is 2. The minimum atomic E-state index is -0.535. The zero-order chi connectivity index (χ0) is 27.4. The predicted molar refractivity (Wildman–Crippen MR) is 149 cm³/mol. The zero-order valence-corrected chi connectivity index (χ0v) is 22.4. The average molecular weight is 526 g/mol. The largest absolute Gasteiger partial charge is 0.497 e. The second-order valence-corrected chi connectivity index (χ2v) is 9.19. The normalized spacial score (nSPS) is 14.3. The van der Waals surface area contributed by atoms with Crippen LogP contribution in [0.2, 0.25) is 0 Å². The van der Waals surface area contributed by atoms with E-state index in [0.29, 0.717) is 53.4 Å². The van der Waals surface area contributed by atoms with E-state index in [1.165, 1.54) is 11.9 Å². The standard InChI is InChI=1S/C30H31N5O4/c1-5-38-26-16-22(9-14-25(26)39-17-21-8-6-7-19(2)15-21)28-27(20(3)33-30-31-18-32-35(28)30)29(36)34-23-10-12-24(37-4)13-11-23/h6-16,18,28H,5,17H2,1-4H3,(H,34,36)(H,31,32,33)/t28-/m0/s1. The molecule has 1 aliphatic heterocycles. The Morgan fingerprint density at radius 3 is 2.59 bits per heavy atom. The molecule has 0 bridgehead atoms. The molecular weight excluding hydrogens is 494 g/mol. The van der Waals surface area contributed by atoms with Gasteiger partial charge in [-0.3, -0.25) is 4.79 Å². The van der Waals surface area contributed by atoms with E-state index in [1.54, 1.807) is 36.1 Å². The van der Waals surface area contributed by atoms with Crippen LogP contribution in [0.5, 0.6) is 17.2 Å².